The van der Waals surface area contributed by atoms with E-state index in [1.54, 1.807) is 15.6 Å². The maximum atomic E-state index is 2.63. The summed E-state index contributed by atoms with van der Waals surface area (Å²) in [6.07, 6.45) is 4.15. The van der Waals surface area contributed by atoms with Crippen LogP contribution in [0, 0.1) is 0 Å². The van der Waals surface area contributed by atoms with Crippen LogP contribution in [0.1, 0.15) is 24.8 Å². The molecule has 1 aromatic rings. The van der Waals surface area contributed by atoms with Gasteiger partial charge in [-0.05, 0) is 0 Å². The van der Waals surface area contributed by atoms with Gasteiger partial charge in [0, 0.05) is 0 Å². The van der Waals surface area contributed by atoms with Gasteiger partial charge in [-0.3, -0.25) is 0 Å². The second kappa shape index (κ2) is 4.35. The van der Waals surface area contributed by atoms with Crippen LogP contribution < -0.4 is 0 Å². The van der Waals surface area contributed by atoms with Crippen molar-refractivity contribution in [3.63, 3.8) is 0 Å². The van der Waals surface area contributed by atoms with E-state index in [0.29, 0.717) is 0 Å². The van der Waals surface area contributed by atoms with Gasteiger partial charge in [0.25, 0.3) is 0 Å². The van der Waals surface area contributed by atoms with Gasteiger partial charge in [-0.25, -0.2) is 0 Å². The van der Waals surface area contributed by atoms with Crippen LogP contribution in [0.3, 0.4) is 0 Å². The molecule has 0 bridgehead atoms. The molecule has 0 amide bonds. The molecule has 17 heavy (non-hydrogen) atoms. The molecule has 4 rings (SSSR count). The zero-order chi connectivity index (χ0) is 11.2. The van der Waals surface area contributed by atoms with E-state index >= 15 is 0 Å². The third kappa shape index (κ3) is 1.73. The number of rotatable bonds is 1. The van der Waals surface area contributed by atoms with Crippen molar-refractivity contribution in [1.82, 2.24) is 0 Å². The Morgan fingerprint density at radius 2 is 1.94 bits per heavy atom. The van der Waals surface area contributed by atoms with Gasteiger partial charge >= 0.3 is 116 Å². The number of benzene rings is 1. The van der Waals surface area contributed by atoms with Crippen molar-refractivity contribution < 1.29 is 0 Å². The Morgan fingerprint density at radius 3 is 2.82 bits per heavy atom. The van der Waals surface area contributed by atoms with Gasteiger partial charge in [0.15, 0.2) is 0 Å². The molecule has 1 fully saturated rings. The summed E-state index contributed by atoms with van der Waals surface area (Å²) in [5.74, 6) is 0. The number of allylic oxidation sites excluding steroid dienone is 2. The molecule has 0 saturated heterocycles. The predicted molar refractivity (Wildman–Crippen MR) is 77.6 cm³/mol. The zero-order valence-electron chi connectivity index (χ0n) is 9.31. The monoisotopic (exact) mass is 420 g/mol. The van der Waals surface area contributed by atoms with Crippen LogP contribution in [0.25, 0.3) is 4.47 Å². The summed E-state index contributed by atoms with van der Waals surface area (Å²) in [5, 5.41) is 0. The van der Waals surface area contributed by atoms with Crippen molar-refractivity contribution in [3.05, 3.63) is 52.0 Å². The van der Waals surface area contributed by atoms with E-state index in [2.05, 4.69) is 35.3 Å². The summed E-state index contributed by atoms with van der Waals surface area (Å²) in [6.45, 7) is 0. The quantitative estimate of drug-likeness (QED) is 0.615. The van der Waals surface area contributed by atoms with Gasteiger partial charge in [0.05, 0.1) is 0 Å². The molecule has 0 spiro atoms. The average Bonchev–Trinajstić information content (AvgIpc) is 2.97. The molecule has 2 heterocycles. The Kier molecular flexibility index (Phi) is 2.81. The van der Waals surface area contributed by atoms with E-state index < -0.39 is 0 Å². The fourth-order valence-electron chi connectivity index (χ4n) is 2.56. The summed E-state index contributed by atoms with van der Waals surface area (Å²) in [7, 11) is -0.335. The van der Waals surface area contributed by atoms with E-state index in [4.69, 9.17) is 0 Å². The first-order valence-corrected chi connectivity index (χ1v) is 17.3. The molecule has 1 aliphatic carbocycles. The molecule has 2 aliphatic heterocycles. The van der Waals surface area contributed by atoms with Crippen LogP contribution >= 0.6 is 0 Å². The zero-order valence-corrected chi connectivity index (χ0v) is 14.4. The van der Waals surface area contributed by atoms with Crippen LogP contribution in [0.2, 0.25) is 0 Å². The van der Waals surface area contributed by atoms with Crippen molar-refractivity contribution in [2.45, 2.75) is 19.3 Å². The van der Waals surface area contributed by atoms with Crippen molar-refractivity contribution in [2.75, 3.05) is 0 Å². The summed E-state index contributed by atoms with van der Waals surface area (Å²) in [6, 6.07) is 11.2. The fourth-order valence-corrected chi connectivity index (χ4v) is 29.0. The summed E-state index contributed by atoms with van der Waals surface area (Å²) >= 11 is 1.71. The molecule has 1 atom stereocenters. The summed E-state index contributed by atoms with van der Waals surface area (Å²) in [4.78, 5) is 2.63. The molecule has 0 N–H and O–H groups in total. The van der Waals surface area contributed by atoms with Gasteiger partial charge in [-0.2, -0.15) is 0 Å². The van der Waals surface area contributed by atoms with Gasteiger partial charge in [-0.1, -0.05) is 0 Å². The average molecular weight is 417 g/mol. The van der Waals surface area contributed by atoms with Crippen molar-refractivity contribution in [3.8, 4) is 0 Å². The number of hydrogen-bond acceptors (Lipinski definition) is 0. The standard InChI is InChI=1S/C14H12Se3/c1-2-5-10(6-3-1)13-12-8-4-7-11-9-15-17(16-13)14(11)12/h1-3,5-6,9H,4,7-8H2. The van der Waals surface area contributed by atoms with E-state index in [1.807, 2.05) is 4.42 Å². The number of hydrogen-bond donors (Lipinski definition) is 0. The molecule has 0 radical (unpaired) electrons. The molecule has 3 aliphatic rings. The molecular formula is C14H12Se3. The Labute approximate surface area is 115 Å². The van der Waals surface area contributed by atoms with Crippen LogP contribution in [0.4, 0.5) is 0 Å². The van der Waals surface area contributed by atoms with Crippen LogP contribution in [-0.4, -0.2) is 40.5 Å². The third-order valence-corrected chi connectivity index (χ3v) is 26.3. The first kappa shape index (κ1) is 11.0. The normalized spacial score (nSPS) is 26.2. The van der Waals surface area contributed by atoms with Gasteiger partial charge in [0.1, 0.15) is 0 Å². The van der Waals surface area contributed by atoms with Gasteiger partial charge in [0.2, 0.25) is 0 Å². The van der Waals surface area contributed by atoms with E-state index in [1.165, 1.54) is 24.8 Å². The molecule has 1 aromatic carbocycles. The van der Waals surface area contributed by atoms with Crippen molar-refractivity contribution in [2.24, 2.45) is 0 Å². The first-order valence-electron chi connectivity index (χ1n) is 5.88. The predicted octanol–water partition coefficient (Wildman–Crippen LogP) is 2.14. The molecule has 1 unspecified atom stereocenters. The Balaban J connectivity index is 1.85. The second-order valence-corrected chi connectivity index (χ2v) is 25.1. The molecule has 86 valence electrons. The van der Waals surface area contributed by atoms with Crippen LogP contribution in [0.15, 0.2) is 46.5 Å². The Hall–Kier alpha value is 0.128. The van der Waals surface area contributed by atoms with Crippen molar-refractivity contribution >= 4 is 45.0 Å². The molecule has 0 nitrogen and oxygen atoms in total. The van der Waals surface area contributed by atoms with Crippen LogP contribution in [0.5, 0.6) is 0 Å². The van der Waals surface area contributed by atoms with E-state index in [9.17, 15) is 0 Å². The van der Waals surface area contributed by atoms with Crippen molar-refractivity contribution in [1.29, 1.82) is 0 Å². The molecular weight excluding hydrogens is 405 g/mol. The SMILES string of the molecule is C1=C2CCCC3=C(c4ccccc4)[Se][Se](=C23)[Se]1. The fraction of sp³-hybridized carbons (Fsp3) is 0.214. The third-order valence-electron chi connectivity index (χ3n) is 3.35. The summed E-state index contributed by atoms with van der Waals surface area (Å²) < 4.78 is 3.71. The molecule has 0 aromatic heterocycles. The topological polar surface area (TPSA) is 0 Å². The minimum absolute atomic E-state index is 0.335. The maximum absolute atomic E-state index is 2.63. The van der Waals surface area contributed by atoms with Gasteiger partial charge in [-0.15, -0.1) is 0 Å². The van der Waals surface area contributed by atoms with Gasteiger partial charge < -0.3 is 0 Å². The van der Waals surface area contributed by atoms with E-state index in [0.717, 1.165) is 26.3 Å². The van der Waals surface area contributed by atoms with Crippen LogP contribution in [-0.2, 0) is 0 Å². The Bertz CT molecular complexity index is 579. The van der Waals surface area contributed by atoms with E-state index in [-0.39, 0.29) is 9.81 Å². The Morgan fingerprint density at radius 1 is 1.06 bits per heavy atom. The molecule has 1 saturated carbocycles. The first-order chi connectivity index (χ1) is 8.43. The summed E-state index contributed by atoms with van der Waals surface area (Å²) in [5.41, 5.74) is 5.12. The minimum atomic E-state index is -0.335. The second-order valence-electron chi connectivity index (χ2n) is 4.41. The molecule has 3 heteroatoms.